The van der Waals surface area contributed by atoms with Gasteiger partial charge in [0.2, 0.25) is 0 Å². The predicted molar refractivity (Wildman–Crippen MR) is 102 cm³/mol. The van der Waals surface area contributed by atoms with Crippen LogP contribution in [0, 0.1) is 0 Å². The number of aromatic nitrogens is 1. The van der Waals surface area contributed by atoms with E-state index in [-0.39, 0.29) is 36.3 Å². The highest BCUT2D eigenvalue weighted by atomic mass is 35.5. The van der Waals surface area contributed by atoms with E-state index < -0.39 is 0 Å². The summed E-state index contributed by atoms with van der Waals surface area (Å²) in [5, 5.41) is 2.85. The lowest BCUT2D eigenvalue weighted by Gasteiger charge is -2.23. The average Bonchev–Trinajstić information content (AvgIpc) is 2.95. The maximum Gasteiger partial charge on any atom is 0.255 e. The van der Waals surface area contributed by atoms with Gasteiger partial charge < -0.3 is 11.1 Å². The summed E-state index contributed by atoms with van der Waals surface area (Å²) in [5.41, 5.74) is 8.95. The van der Waals surface area contributed by atoms with Gasteiger partial charge in [0.25, 0.3) is 5.91 Å². The second kappa shape index (κ2) is 9.02. The molecule has 3 N–H and O–H groups in total. The molecule has 1 aliphatic carbocycles. The predicted octanol–water partition coefficient (Wildman–Crippen LogP) is 3.99. The van der Waals surface area contributed by atoms with Crippen molar-refractivity contribution in [3.63, 3.8) is 0 Å². The van der Waals surface area contributed by atoms with Gasteiger partial charge in [0.15, 0.2) is 0 Å². The van der Waals surface area contributed by atoms with Crippen LogP contribution in [-0.2, 0) is 6.42 Å². The van der Waals surface area contributed by atoms with Gasteiger partial charge in [-0.2, -0.15) is 0 Å². The minimum atomic E-state index is -0.110. The first-order chi connectivity index (χ1) is 10.6. The average molecular weight is 368 g/mol. The summed E-state index contributed by atoms with van der Waals surface area (Å²) < 4.78 is 0. The summed E-state index contributed by atoms with van der Waals surface area (Å²) in [6.07, 6.45) is 8.83. The lowest BCUT2D eigenvalue weighted by molar-refractivity contribution is 0.102. The van der Waals surface area contributed by atoms with Gasteiger partial charge in [-0.15, -0.1) is 24.8 Å². The smallest absolute Gasteiger partial charge is 0.255 e. The van der Waals surface area contributed by atoms with E-state index in [9.17, 15) is 4.79 Å². The van der Waals surface area contributed by atoms with E-state index in [2.05, 4.69) is 10.3 Å². The van der Waals surface area contributed by atoms with Gasteiger partial charge in [-0.1, -0.05) is 25.0 Å². The van der Waals surface area contributed by atoms with Crippen LogP contribution in [0.4, 0.5) is 5.69 Å². The van der Waals surface area contributed by atoms with E-state index >= 15 is 0 Å². The summed E-state index contributed by atoms with van der Waals surface area (Å²) in [5.74, 6) is -0.110. The second-order valence-corrected chi connectivity index (χ2v) is 6.13. The molecule has 0 radical (unpaired) electrons. The number of hydrogen-bond acceptors (Lipinski definition) is 3. The van der Waals surface area contributed by atoms with E-state index in [0.717, 1.165) is 24.9 Å². The lowest BCUT2D eigenvalue weighted by Crippen LogP contribution is -2.38. The summed E-state index contributed by atoms with van der Waals surface area (Å²) in [7, 11) is 0. The molecule has 1 aliphatic rings. The highest BCUT2D eigenvalue weighted by Crippen LogP contribution is 2.30. The number of nitrogens with two attached hydrogens (primary N) is 1. The van der Waals surface area contributed by atoms with E-state index in [1.807, 2.05) is 24.3 Å². The van der Waals surface area contributed by atoms with Crippen LogP contribution in [0.15, 0.2) is 48.8 Å². The Morgan fingerprint density at radius 1 is 1.04 bits per heavy atom. The van der Waals surface area contributed by atoms with Gasteiger partial charge in [-0.25, -0.2) is 0 Å². The molecule has 130 valence electrons. The lowest BCUT2D eigenvalue weighted by atomic mass is 9.90. The van der Waals surface area contributed by atoms with Gasteiger partial charge in [-0.05, 0) is 49.1 Å². The highest BCUT2D eigenvalue weighted by Gasteiger charge is 2.29. The molecule has 4 nitrogen and oxygen atoms in total. The first kappa shape index (κ1) is 20.4. The first-order valence-electron chi connectivity index (χ1n) is 7.74. The van der Waals surface area contributed by atoms with Crippen LogP contribution in [0.2, 0.25) is 0 Å². The monoisotopic (exact) mass is 367 g/mol. The van der Waals surface area contributed by atoms with Crippen molar-refractivity contribution in [1.82, 2.24) is 4.98 Å². The van der Waals surface area contributed by atoms with Crippen molar-refractivity contribution in [1.29, 1.82) is 0 Å². The molecule has 0 aliphatic heterocycles. The topological polar surface area (TPSA) is 68.0 Å². The third-order valence-corrected chi connectivity index (χ3v) is 4.31. The zero-order valence-electron chi connectivity index (χ0n) is 13.4. The maximum atomic E-state index is 12.2. The van der Waals surface area contributed by atoms with Crippen LogP contribution in [0.3, 0.4) is 0 Å². The first-order valence-corrected chi connectivity index (χ1v) is 7.74. The van der Waals surface area contributed by atoms with Crippen molar-refractivity contribution in [3.05, 3.63) is 59.9 Å². The van der Waals surface area contributed by atoms with Crippen LogP contribution < -0.4 is 11.1 Å². The molecule has 0 spiro atoms. The number of carbonyl (C=O) groups is 1. The normalized spacial score (nSPS) is 15.0. The zero-order valence-corrected chi connectivity index (χ0v) is 15.0. The molecule has 3 rings (SSSR count). The minimum absolute atomic E-state index is 0. The van der Waals surface area contributed by atoms with Crippen molar-refractivity contribution < 1.29 is 4.79 Å². The van der Waals surface area contributed by atoms with E-state index in [1.54, 1.807) is 24.5 Å². The summed E-state index contributed by atoms with van der Waals surface area (Å²) >= 11 is 0. The molecule has 0 unspecified atom stereocenters. The van der Waals surface area contributed by atoms with Gasteiger partial charge in [0.1, 0.15) is 0 Å². The van der Waals surface area contributed by atoms with Crippen LogP contribution in [0.1, 0.15) is 41.6 Å². The van der Waals surface area contributed by atoms with Crippen molar-refractivity contribution in [2.24, 2.45) is 5.73 Å². The molecular formula is C18H23Cl2N3O. The summed E-state index contributed by atoms with van der Waals surface area (Å²) in [4.78, 5) is 16.1. The van der Waals surface area contributed by atoms with E-state index in [0.29, 0.717) is 5.56 Å². The van der Waals surface area contributed by atoms with Crippen LogP contribution >= 0.6 is 24.8 Å². The minimum Gasteiger partial charge on any atom is -0.325 e. The van der Waals surface area contributed by atoms with Crippen LogP contribution in [0.25, 0.3) is 0 Å². The van der Waals surface area contributed by atoms with Gasteiger partial charge in [0.05, 0.1) is 0 Å². The Hall–Kier alpha value is -1.62. The number of anilines is 1. The Morgan fingerprint density at radius 3 is 2.21 bits per heavy atom. The molecule has 1 aromatic carbocycles. The number of amides is 1. The fraction of sp³-hybridized carbons (Fsp3) is 0.333. The largest absolute Gasteiger partial charge is 0.325 e. The fourth-order valence-corrected chi connectivity index (χ4v) is 3.07. The number of carbonyl (C=O) groups excluding carboxylic acids is 1. The van der Waals surface area contributed by atoms with E-state index in [4.69, 9.17) is 5.73 Å². The Bertz CT molecular complexity index is 641. The quantitative estimate of drug-likeness (QED) is 0.857. The standard InChI is InChI=1S/C18H21N3O.2ClH/c19-18(9-1-2-10-18)13-14-3-5-15(6-4-14)17(22)21-16-7-11-20-12-8-16;;/h3-8,11-12H,1-2,9-10,13,19H2,(H,20,21,22);2*1H. The third-order valence-electron chi connectivity index (χ3n) is 4.31. The molecule has 24 heavy (non-hydrogen) atoms. The molecular weight excluding hydrogens is 345 g/mol. The fourth-order valence-electron chi connectivity index (χ4n) is 3.07. The van der Waals surface area contributed by atoms with Gasteiger partial charge >= 0.3 is 0 Å². The number of rotatable bonds is 4. The van der Waals surface area contributed by atoms with Crippen LogP contribution in [0.5, 0.6) is 0 Å². The summed E-state index contributed by atoms with van der Waals surface area (Å²) in [6.45, 7) is 0. The molecule has 1 heterocycles. The second-order valence-electron chi connectivity index (χ2n) is 6.13. The molecule has 6 heteroatoms. The molecule has 0 atom stereocenters. The van der Waals surface area contributed by atoms with Gasteiger partial charge in [0, 0.05) is 29.2 Å². The van der Waals surface area contributed by atoms with E-state index in [1.165, 1.54) is 18.4 Å². The number of pyridine rings is 1. The number of halogens is 2. The molecule has 2 aromatic rings. The molecule has 1 aromatic heterocycles. The number of nitrogens with one attached hydrogen (secondary N) is 1. The molecule has 1 saturated carbocycles. The van der Waals surface area contributed by atoms with Crippen LogP contribution in [-0.4, -0.2) is 16.4 Å². The Kier molecular flexibility index (Phi) is 7.67. The number of nitrogens with zero attached hydrogens (tertiary/aromatic N) is 1. The Labute approximate surface area is 155 Å². The van der Waals surface area contributed by atoms with Crippen molar-refractivity contribution in [2.75, 3.05) is 5.32 Å². The Morgan fingerprint density at radius 2 is 1.62 bits per heavy atom. The Balaban J connectivity index is 0.00000144. The molecule has 0 bridgehead atoms. The SMILES string of the molecule is Cl.Cl.NC1(Cc2ccc(C(=O)Nc3ccncc3)cc2)CCCC1. The number of hydrogen-bond donors (Lipinski definition) is 2. The highest BCUT2D eigenvalue weighted by molar-refractivity contribution is 6.04. The molecule has 1 fully saturated rings. The van der Waals surface area contributed by atoms with Crippen molar-refractivity contribution in [3.8, 4) is 0 Å². The zero-order chi connectivity index (χ0) is 15.4. The number of benzene rings is 1. The summed E-state index contributed by atoms with van der Waals surface area (Å²) in [6, 6.07) is 11.3. The van der Waals surface area contributed by atoms with Gasteiger partial charge in [-0.3, -0.25) is 9.78 Å². The third kappa shape index (κ3) is 5.20. The molecule has 0 saturated heterocycles. The maximum absolute atomic E-state index is 12.2. The van der Waals surface area contributed by atoms with Crippen molar-refractivity contribution in [2.45, 2.75) is 37.6 Å². The van der Waals surface area contributed by atoms with Crippen molar-refractivity contribution >= 4 is 36.4 Å². The molecule has 1 amide bonds.